The van der Waals surface area contributed by atoms with Gasteiger partial charge in [0.2, 0.25) is 5.91 Å². The van der Waals surface area contributed by atoms with Gasteiger partial charge in [-0.05, 0) is 37.3 Å². The number of para-hydroxylation sites is 1. The highest BCUT2D eigenvalue weighted by atomic mass is 16.6. The average molecular weight is 289 g/mol. The molecule has 1 unspecified atom stereocenters. The summed E-state index contributed by atoms with van der Waals surface area (Å²) in [6.07, 6.45) is 5.12. The van der Waals surface area contributed by atoms with Crippen molar-refractivity contribution in [1.82, 2.24) is 4.90 Å². The third kappa shape index (κ3) is 4.21. The maximum atomic E-state index is 12.2. The Morgan fingerprint density at radius 1 is 1.24 bits per heavy atom. The smallest absolute Gasteiger partial charge is 0.222 e. The fraction of sp³-hybridized carbons (Fsp3) is 0.588. The van der Waals surface area contributed by atoms with Gasteiger partial charge >= 0.3 is 0 Å². The van der Waals surface area contributed by atoms with Gasteiger partial charge in [-0.2, -0.15) is 0 Å². The van der Waals surface area contributed by atoms with Gasteiger partial charge in [0.25, 0.3) is 0 Å². The number of hydrogen-bond acceptors (Lipinski definition) is 3. The summed E-state index contributed by atoms with van der Waals surface area (Å²) in [6.45, 7) is 3.26. The highest BCUT2D eigenvalue weighted by Gasteiger charge is 2.23. The van der Waals surface area contributed by atoms with Crippen LogP contribution in [0, 0.1) is 0 Å². The van der Waals surface area contributed by atoms with E-state index >= 15 is 0 Å². The minimum Gasteiger partial charge on any atom is -0.491 e. The van der Waals surface area contributed by atoms with E-state index in [1.54, 1.807) is 0 Å². The number of piperidine rings is 1. The van der Waals surface area contributed by atoms with Crippen molar-refractivity contribution >= 4 is 5.91 Å². The Morgan fingerprint density at radius 2 is 2.00 bits per heavy atom. The molecule has 1 aromatic rings. The van der Waals surface area contributed by atoms with Gasteiger partial charge in [-0.1, -0.05) is 18.2 Å². The van der Waals surface area contributed by atoms with Crippen LogP contribution >= 0.6 is 0 Å². The van der Waals surface area contributed by atoms with Crippen molar-refractivity contribution < 1.29 is 14.3 Å². The number of epoxide rings is 1. The number of aryl methyl sites for hydroxylation is 1. The molecule has 1 atom stereocenters. The Hall–Kier alpha value is -1.55. The first-order valence-corrected chi connectivity index (χ1v) is 7.93. The normalized spacial score (nSPS) is 21.1. The molecule has 2 aliphatic heterocycles. The lowest BCUT2D eigenvalue weighted by atomic mass is 10.1. The van der Waals surface area contributed by atoms with Gasteiger partial charge in [0.15, 0.2) is 0 Å². The van der Waals surface area contributed by atoms with E-state index in [0.29, 0.717) is 13.0 Å². The summed E-state index contributed by atoms with van der Waals surface area (Å²) in [5.41, 5.74) is 1.11. The van der Waals surface area contributed by atoms with Crippen LogP contribution in [-0.2, 0) is 16.0 Å². The first-order valence-electron chi connectivity index (χ1n) is 7.93. The maximum Gasteiger partial charge on any atom is 0.222 e. The van der Waals surface area contributed by atoms with Gasteiger partial charge in [-0.3, -0.25) is 4.79 Å². The van der Waals surface area contributed by atoms with Gasteiger partial charge in [-0.25, -0.2) is 0 Å². The number of rotatable bonds is 6. The van der Waals surface area contributed by atoms with Crippen molar-refractivity contribution in [2.75, 3.05) is 26.3 Å². The molecule has 0 aliphatic carbocycles. The molecule has 0 radical (unpaired) electrons. The zero-order valence-corrected chi connectivity index (χ0v) is 12.4. The Labute approximate surface area is 126 Å². The van der Waals surface area contributed by atoms with Crippen molar-refractivity contribution in [1.29, 1.82) is 0 Å². The number of likely N-dealkylation sites (tertiary alicyclic amines) is 1. The van der Waals surface area contributed by atoms with Gasteiger partial charge in [0.1, 0.15) is 18.5 Å². The highest BCUT2D eigenvalue weighted by Crippen LogP contribution is 2.22. The zero-order chi connectivity index (χ0) is 14.5. The lowest BCUT2D eigenvalue weighted by Crippen LogP contribution is -2.35. The Kier molecular flexibility index (Phi) is 4.76. The van der Waals surface area contributed by atoms with E-state index in [4.69, 9.17) is 9.47 Å². The van der Waals surface area contributed by atoms with Crippen molar-refractivity contribution in [3.8, 4) is 5.75 Å². The van der Waals surface area contributed by atoms with E-state index in [0.717, 1.165) is 50.3 Å². The summed E-state index contributed by atoms with van der Waals surface area (Å²) < 4.78 is 11.0. The standard InChI is InChI=1S/C17H23NO3/c19-17(18-10-4-1-5-11-18)9-8-14-6-2-3-7-16(14)21-13-15-12-20-15/h2-3,6-7,15H,1,4-5,8-13H2. The summed E-state index contributed by atoms with van der Waals surface area (Å²) in [4.78, 5) is 14.2. The molecular formula is C17H23NO3. The number of hydrogen-bond donors (Lipinski definition) is 0. The average Bonchev–Trinajstić information content (AvgIpc) is 3.36. The molecule has 2 heterocycles. The number of ether oxygens (including phenoxy) is 2. The number of carbonyl (C=O) groups is 1. The molecule has 0 spiro atoms. The summed E-state index contributed by atoms with van der Waals surface area (Å²) >= 11 is 0. The van der Waals surface area contributed by atoms with Crippen LogP contribution in [0.3, 0.4) is 0 Å². The summed E-state index contributed by atoms with van der Waals surface area (Å²) in [5, 5.41) is 0. The van der Waals surface area contributed by atoms with Crippen LogP contribution < -0.4 is 4.74 Å². The van der Waals surface area contributed by atoms with E-state index in [-0.39, 0.29) is 12.0 Å². The number of amides is 1. The van der Waals surface area contributed by atoms with Crippen molar-refractivity contribution in [3.05, 3.63) is 29.8 Å². The number of benzene rings is 1. The van der Waals surface area contributed by atoms with E-state index in [1.807, 2.05) is 29.2 Å². The molecule has 4 heteroatoms. The Morgan fingerprint density at radius 3 is 2.76 bits per heavy atom. The lowest BCUT2D eigenvalue weighted by molar-refractivity contribution is -0.132. The predicted molar refractivity (Wildman–Crippen MR) is 80.4 cm³/mol. The van der Waals surface area contributed by atoms with Crippen LogP contribution in [0.1, 0.15) is 31.2 Å². The molecule has 1 aromatic carbocycles. The minimum atomic E-state index is 0.257. The molecule has 0 saturated carbocycles. The Balaban J connectivity index is 1.52. The van der Waals surface area contributed by atoms with Gasteiger partial charge in [0, 0.05) is 19.5 Å². The molecular weight excluding hydrogens is 266 g/mol. The highest BCUT2D eigenvalue weighted by molar-refractivity contribution is 5.76. The van der Waals surface area contributed by atoms with E-state index in [2.05, 4.69) is 0 Å². The quantitative estimate of drug-likeness (QED) is 0.755. The monoisotopic (exact) mass is 289 g/mol. The summed E-state index contributed by atoms with van der Waals surface area (Å²) in [7, 11) is 0. The molecule has 2 saturated heterocycles. The predicted octanol–water partition coefficient (Wildman–Crippen LogP) is 2.41. The first-order chi connectivity index (χ1) is 10.3. The minimum absolute atomic E-state index is 0.257. The number of carbonyl (C=O) groups excluding carboxylic acids is 1. The molecule has 0 aromatic heterocycles. The van der Waals surface area contributed by atoms with Gasteiger partial charge < -0.3 is 14.4 Å². The lowest BCUT2D eigenvalue weighted by Gasteiger charge is -2.26. The molecule has 0 N–H and O–H groups in total. The molecule has 2 aliphatic rings. The van der Waals surface area contributed by atoms with Crippen molar-refractivity contribution in [3.63, 3.8) is 0 Å². The number of nitrogens with zero attached hydrogens (tertiary/aromatic N) is 1. The third-order valence-corrected chi connectivity index (χ3v) is 4.12. The van der Waals surface area contributed by atoms with Crippen LogP contribution in [0.4, 0.5) is 0 Å². The van der Waals surface area contributed by atoms with Crippen LogP contribution in [0.5, 0.6) is 5.75 Å². The fourth-order valence-corrected chi connectivity index (χ4v) is 2.74. The van der Waals surface area contributed by atoms with Crippen molar-refractivity contribution in [2.24, 2.45) is 0 Å². The second-order valence-electron chi connectivity index (χ2n) is 5.82. The van der Waals surface area contributed by atoms with Crippen LogP contribution in [-0.4, -0.2) is 43.2 Å². The van der Waals surface area contributed by atoms with Crippen molar-refractivity contribution in [2.45, 2.75) is 38.2 Å². The molecule has 4 nitrogen and oxygen atoms in total. The SMILES string of the molecule is O=C(CCc1ccccc1OCC1CO1)N1CCCCC1. The van der Waals surface area contributed by atoms with E-state index in [9.17, 15) is 4.79 Å². The van der Waals surface area contributed by atoms with Crippen LogP contribution in [0.15, 0.2) is 24.3 Å². The summed E-state index contributed by atoms with van der Waals surface area (Å²) in [6, 6.07) is 8.00. The fourth-order valence-electron chi connectivity index (χ4n) is 2.74. The first kappa shape index (κ1) is 14.4. The van der Waals surface area contributed by atoms with Gasteiger partial charge in [-0.15, -0.1) is 0 Å². The maximum absolute atomic E-state index is 12.2. The van der Waals surface area contributed by atoms with Crippen LogP contribution in [0.25, 0.3) is 0 Å². The molecule has 0 bridgehead atoms. The third-order valence-electron chi connectivity index (χ3n) is 4.12. The zero-order valence-electron chi connectivity index (χ0n) is 12.4. The second-order valence-corrected chi connectivity index (χ2v) is 5.82. The summed E-state index contributed by atoms with van der Waals surface area (Å²) in [5.74, 6) is 1.16. The molecule has 21 heavy (non-hydrogen) atoms. The van der Waals surface area contributed by atoms with E-state index < -0.39 is 0 Å². The van der Waals surface area contributed by atoms with Gasteiger partial charge in [0.05, 0.1) is 6.61 Å². The van der Waals surface area contributed by atoms with E-state index in [1.165, 1.54) is 6.42 Å². The van der Waals surface area contributed by atoms with Crippen LogP contribution in [0.2, 0.25) is 0 Å². The second kappa shape index (κ2) is 6.94. The molecule has 1 amide bonds. The molecule has 2 fully saturated rings. The largest absolute Gasteiger partial charge is 0.491 e. The topological polar surface area (TPSA) is 42.1 Å². The Bertz CT molecular complexity index is 479. The molecule has 3 rings (SSSR count). The molecule has 114 valence electrons.